The number of amides is 1. The molecule has 0 aliphatic heterocycles. The fourth-order valence-electron chi connectivity index (χ4n) is 1.23. The van der Waals surface area contributed by atoms with Gasteiger partial charge in [-0.1, -0.05) is 15.9 Å². The Labute approximate surface area is 114 Å². The minimum absolute atomic E-state index is 0.131. The zero-order valence-electron chi connectivity index (χ0n) is 10.2. The molecule has 6 heteroatoms. The predicted octanol–water partition coefficient (Wildman–Crippen LogP) is 1.72. The first kappa shape index (κ1) is 14.5. The third-order valence-corrected chi connectivity index (χ3v) is 2.89. The highest BCUT2D eigenvalue weighted by molar-refractivity contribution is 9.10. The van der Waals surface area contributed by atoms with E-state index in [2.05, 4.69) is 21.4 Å². The van der Waals surface area contributed by atoms with Crippen LogP contribution < -0.4 is 16.0 Å². The van der Waals surface area contributed by atoms with Crippen LogP contribution in [0.4, 0.5) is 0 Å². The maximum absolute atomic E-state index is 11.5. The zero-order chi connectivity index (χ0) is 13.8. The second kappa shape index (κ2) is 5.85. The van der Waals surface area contributed by atoms with Crippen LogP contribution in [0, 0.1) is 16.7 Å². The van der Waals surface area contributed by atoms with Gasteiger partial charge in [-0.2, -0.15) is 5.26 Å². The second-order valence-electron chi connectivity index (χ2n) is 4.40. The number of carbonyl (C=O) groups is 1. The van der Waals surface area contributed by atoms with E-state index in [0.29, 0.717) is 11.3 Å². The highest BCUT2D eigenvalue weighted by Gasteiger charge is 2.28. The van der Waals surface area contributed by atoms with Crippen molar-refractivity contribution in [1.82, 2.24) is 5.43 Å². The van der Waals surface area contributed by atoms with E-state index in [1.165, 1.54) is 0 Å². The van der Waals surface area contributed by atoms with Gasteiger partial charge in [0.2, 0.25) is 5.91 Å². The van der Waals surface area contributed by atoms with Crippen molar-refractivity contribution in [3.05, 3.63) is 28.2 Å². The van der Waals surface area contributed by atoms with E-state index >= 15 is 0 Å². The van der Waals surface area contributed by atoms with Gasteiger partial charge in [0.25, 0.3) is 0 Å². The molecule has 0 aliphatic carbocycles. The van der Waals surface area contributed by atoms with Gasteiger partial charge in [-0.25, -0.2) is 5.84 Å². The normalized spacial score (nSPS) is 10.6. The quantitative estimate of drug-likeness (QED) is 0.503. The van der Waals surface area contributed by atoms with Gasteiger partial charge in [-0.15, -0.1) is 0 Å². The highest BCUT2D eigenvalue weighted by Crippen LogP contribution is 2.25. The van der Waals surface area contributed by atoms with Crippen molar-refractivity contribution in [2.24, 2.45) is 11.3 Å². The third kappa shape index (κ3) is 3.45. The molecule has 96 valence electrons. The Morgan fingerprint density at radius 3 is 2.83 bits per heavy atom. The summed E-state index contributed by atoms with van der Waals surface area (Å²) in [4.78, 5) is 11.5. The molecule has 1 amide bonds. The van der Waals surface area contributed by atoms with E-state index in [9.17, 15) is 4.79 Å². The van der Waals surface area contributed by atoms with Gasteiger partial charge in [0.05, 0.1) is 11.0 Å². The van der Waals surface area contributed by atoms with Crippen LogP contribution >= 0.6 is 15.9 Å². The number of hydrazine groups is 1. The van der Waals surface area contributed by atoms with Crippen molar-refractivity contribution in [2.45, 2.75) is 13.8 Å². The lowest BCUT2D eigenvalue weighted by molar-refractivity contribution is -0.130. The van der Waals surface area contributed by atoms with E-state index in [1.807, 2.05) is 6.07 Å². The molecule has 0 aromatic heterocycles. The molecule has 0 spiro atoms. The van der Waals surface area contributed by atoms with Crippen molar-refractivity contribution >= 4 is 21.8 Å². The van der Waals surface area contributed by atoms with E-state index in [0.717, 1.165) is 4.47 Å². The van der Waals surface area contributed by atoms with Crippen LogP contribution in [0.15, 0.2) is 22.7 Å². The lowest BCUT2D eigenvalue weighted by Crippen LogP contribution is -2.44. The van der Waals surface area contributed by atoms with Gasteiger partial charge in [0.15, 0.2) is 0 Å². The maximum Gasteiger partial charge on any atom is 0.242 e. The molecule has 1 aromatic carbocycles. The number of nitriles is 1. The van der Waals surface area contributed by atoms with Crippen molar-refractivity contribution < 1.29 is 9.53 Å². The standard InChI is InChI=1S/C12H14BrN3O2/c1-12(2,11(17)16-15)7-18-10-4-3-9(13)5-8(10)6-14/h3-5H,7,15H2,1-2H3,(H,16,17). The monoisotopic (exact) mass is 311 g/mol. The summed E-state index contributed by atoms with van der Waals surface area (Å²) < 4.78 is 6.31. The Bertz CT molecular complexity index is 495. The first-order valence-corrected chi connectivity index (χ1v) is 6.03. The van der Waals surface area contributed by atoms with Crippen LogP contribution in [0.2, 0.25) is 0 Å². The summed E-state index contributed by atoms with van der Waals surface area (Å²) in [5, 5.41) is 8.98. The van der Waals surface area contributed by atoms with E-state index in [4.69, 9.17) is 15.8 Å². The molecule has 0 saturated heterocycles. The average molecular weight is 312 g/mol. The number of benzene rings is 1. The Morgan fingerprint density at radius 1 is 1.61 bits per heavy atom. The number of hydrogen-bond donors (Lipinski definition) is 2. The van der Waals surface area contributed by atoms with Gasteiger partial charge < -0.3 is 4.74 Å². The number of nitrogens with zero attached hydrogens (tertiary/aromatic N) is 1. The molecule has 0 bridgehead atoms. The molecule has 5 nitrogen and oxygen atoms in total. The summed E-state index contributed by atoms with van der Waals surface area (Å²) in [6.07, 6.45) is 0. The van der Waals surface area contributed by atoms with Gasteiger partial charge in [0.1, 0.15) is 18.4 Å². The van der Waals surface area contributed by atoms with Gasteiger partial charge >= 0.3 is 0 Å². The SMILES string of the molecule is CC(C)(COc1ccc(Br)cc1C#N)C(=O)NN. The lowest BCUT2D eigenvalue weighted by Gasteiger charge is -2.22. The summed E-state index contributed by atoms with van der Waals surface area (Å²) in [5.74, 6) is 5.21. The van der Waals surface area contributed by atoms with Crippen molar-refractivity contribution in [2.75, 3.05) is 6.61 Å². The molecule has 0 heterocycles. The number of ether oxygens (including phenoxy) is 1. The fraction of sp³-hybridized carbons (Fsp3) is 0.333. The minimum atomic E-state index is -0.769. The number of nitrogens with one attached hydrogen (secondary N) is 1. The molecule has 0 atom stereocenters. The number of carbonyl (C=O) groups excluding carboxylic acids is 1. The summed E-state index contributed by atoms with van der Waals surface area (Å²) >= 11 is 3.27. The lowest BCUT2D eigenvalue weighted by atomic mass is 9.94. The molecule has 0 radical (unpaired) electrons. The first-order valence-electron chi connectivity index (χ1n) is 5.24. The molecular formula is C12H14BrN3O2. The first-order chi connectivity index (χ1) is 8.40. The number of nitrogens with two attached hydrogens (primary N) is 1. The largest absolute Gasteiger partial charge is 0.491 e. The highest BCUT2D eigenvalue weighted by atomic mass is 79.9. The molecule has 1 rings (SSSR count). The van der Waals surface area contributed by atoms with Crippen LogP contribution in [0.3, 0.4) is 0 Å². The van der Waals surface area contributed by atoms with Crippen LogP contribution in [-0.2, 0) is 4.79 Å². The summed E-state index contributed by atoms with van der Waals surface area (Å²) in [6, 6.07) is 7.14. The molecule has 0 aliphatic rings. The topological polar surface area (TPSA) is 88.1 Å². The molecule has 0 saturated carbocycles. The Kier molecular flexibility index (Phi) is 4.70. The van der Waals surface area contributed by atoms with Crippen LogP contribution in [-0.4, -0.2) is 12.5 Å². The van der Waals surface area contributed by atoms with Crippen LogP contribution in [0.1, 0.15) is 19.4 Å². The molecule has 0 fully saturated rings. The van der Waals surface area contributed by atoms with Crippen LogP contribution in [0.5, 0.6) is 5.75 Å². The van der Waals surface area contributed by atoms with Gasteiger partial charge in [-0.05, 0) is 32.0 Å². The minimum Gasteiger partial charge on any atom is -0.491 e. The van der Waals surface area contributed by atoms with Crippen LogP contribution in [0.25, 0.3) is 0 Å². The van der Waals surface area contributed by atoms with Crippen molar-refractivity contribution in [1.29, 1.82) is 5.26 Å². The third-order valence-electron chi connectivity index (χ3n) is 2.40. The maximum atomic E-state index is 11.5. The summed E-state index contributed by atoms with van der Waals surface area (Å²) in [6.45, 7) is 3.55. The Balaban J connectivity index is 2.81. The number of rotatable bonds is 4. The summed E-state index contributed by atoms with van der Waals surface area (Å²) in [7, 11) is 0. The molecule has 3 N–H and O–H groups in total. The Morgan fingerprint density at radius 2 is 2.28 bits per heavy atom. The van der Waals surface area contributed by atoms with Crippen molar-refractivity contribution in [3.8, 4) is 11.8 Å². The van der Waals surface area contributed by atoms with Crippen molar-refractivity contribution in [3.63, 3.8) is 0 Å². The van der Waals surface area contributed by atoms with E-state index in [1.54, 1.807) is 32.0 Å². The summed E-state index contributed by atoms with van der Waals surface area (Å²) in [5.41, 5.74) is 1.73. The average Bonchev–Trinajstić information content (AvgIpc) is 2.36. The van der Waals surface area contributed by atoms with E-state index < -0.39 is 5.41 Å². The number of hydrogen-bond acceptors (Lipinski definition) is 4. The van der Waals surface area contributed by atoms with Gasteiger partial charge in [0, 0.05) is 4.47 Å². The molecule has 0 unspecified atom stereocenters. The number of halogens is 1. The van der Waals surface area contributed by atoms with E-state index in [-0.39, 0.29) is 12.5 Å². The molecule has 1 aromatic rings. The molecular weight excluding hydrogens is 298 g/mol. The zero-order valence-corrected chi connectivity index (χ0v) is 11.7. The predicted molar refractivity (Wildman–Crippen MR) is 70.5 cm³/mol. The van der Waals surface area contributed by atoms with Gasteiger partial charge in [-0.3, -0.25) is 10.2 Å². The second-order valence-corrected chi connectivity index (χ2v) is 5.31. The molecule has 18 heavy (non-hydrogen) atoms. The Hall–Kier alpha value is -1.58. The fourth-order valence-corrected chi connectivity index (χ4v) is 1.60. The smallest absolute Gasteiger partial charge is 0.242 e.